The minimum Gasteiger partial charge on any atom is -0.423 e. The third kappa shape index (κ3) is 3.02. The van der Waals surface area contributed by atoms with Gasteiger partial charge in [0.2, 0.25) is 0 Å². The van der Waals surface area contributed by atoms with Crippen LogP contribution in [-0.2, 0) is 6.54 Å². The number of piperidine rings is 1. The minimum absolute atomic E-state index is 0.228. The van der Waals surface area contributed by atoms with Crippen molar-refractivity contribution in [2.24, 2.45) is 11.8 Å². The van der Waals surface area contributed by atoms with E-state index in [1.807, 2.05) is 6.07 Å². The summed E-state index contributed by atoms with van der Waals surface area (Å²) in [7, 11) is 0. The summed E-state index contributed by atoms with van der Waals surface area (Å²) in [6, 6.07) is 5.88. The number of fused-ring (bicyclic) bond motifs is 2. The van der Waals surface area contributed by atoms with Gasteiger partial charge in [0, 0.05) is 24.5 Å². The molecule has 2 aliphatic rings. The Morgan fingerprint density at radius 1 is 1.04 bits per heavy atom. The van der Waals surface area contributed by atoms with Crippen LogP contribution in [0.1, 0.15) is 48.8 Å². The zero-order valence-electron chi connectivity index (χ0n) is 14.8. The fourth-order valence-corrected chi connectivity index (χ4v) is 4.67. The third-order valence-electron chi connectivity index (χ3n) is 6.21. The molecule has 0 spiro atoms. The van der Waals surface area contributed by atoms with Crippen LogP contribution in [0, 0.1) is 25.7 Å². The van der Waals surface area contributed by atoms with Gasteiger partial charge in [-0.3, -0.25) is 4.90 Å². The van der Waals surface area contributed by atoms with E-state index in [0.29, 0.717) is 0 Å². The molecule has 1 aliphatic heterocycles. The van der Waals surface area contributed by atoms with Gasteiger partial charge < -0.3 is 4.42 Å². The predicted molar refractivity (Wildman–Crippen MR) is 97.3 cm³/mol. The van der Waals surface area contributed by atoms with Crippen molar-refractivity contribution in [1.29, 1.82) is 0 Å². The van der Waals surface area contributed by atoms with Crippen LogP contribution in [0.5, 0.6) is 0 Å². The molecule has 0 radical (unpaired) electrons. The van der Waals surface area contributed by atoms with Gasteiger partial charge in [-0.2, -0.15) is 0 Å². The molecule has 0 bridgehead atoms. The van der Waals surface area contributed by atoms with Crippen LogP contribution in [-0.4, -0.2) is 18.0 Å². The van der Waals surface area contributed by atoms with Crippen LogP contribution in [0.4, 0.5) is 0 Å². The standard InChI is InChI=1S/C21H27NO2/c1-14-9-19-18(11-21(23)24-20(19)10-15(14)2)13-22-8-7-16-5-3-4-6-17(16)12-22/h9-11,16-17H,3-8,12-13H2,1-2H3/t16-,17+/m0/s1. The highest BCUT2D eigenvalue weighted by molar-refractivity contribution is 5.81. The summed E-state index contributed by atoms with van der Waals surface area (Å²) in [6.45, 7) is 7.41. The molecule has 3 nitrogen and oxygen atoms in total. The first-order valence-corrected chi connectivity index (χ1v) is 9.36. The molecule has 128 valence electrons. The van der Waals surface area contributed by atoms with Crippen LogP contribution >= 0.6 is 0 Å². The topological polar surface area (TPSA) is 33.5 Å². The lowest BCUT2D eigenvalue weighted by molar-refractivity contribution is 0.0822. The second kappa shape index (κ2) is 6.36. The summed E-state index contributed by atoms with van der Waals surface area (Å²) in [5.74, 6) is 1.81. The van der Waals surface area contributed by atoms with Gasteiger partial charge in [-0.15, -0.1) is 0 Å². The second-order valence-corrected chi connectivity index (χ2v) is 7.85. The number of hydrogen-bond donors (Lipinski definition) is 0. The number of nitrogens with zero attached hydrogens (tertiary/aromatic N) is 1. The van der Waals surface area contributed by atoms with Crippen LogP contribution in [0.3, 0.4) is 0 Å². The predicted octanol–water partition coefficient (Wildman–Crippen LogP) is 4.42. The molecule has 0 unspecified atom stereocenters. The van der Waals surface area contributed by atoms with Crippen molar-refractivity contribution in [1.82, 2.24) is 4.90 Å². The van der Waals surface area contributed by atoms with Gasteiger partial charge in [0.15, 0.2) is 0 Å². The van der Waals surface area contributed by atoms with Crippen molar-refractivity contribution in [2.45, 2.75) is 52.5 Å². The number of rotatable bonds is 2. The zero-order valence-corrected chi connectivity index (χ0v) is 14.8. The Balaban J connectivity index is 1.62. The van der Waals surface area contributed by atoms with Crippen LogP contribution < -0.4 is 5.63 Å². The summed E-state index contributed by atoms with van der Waals surface area (Å²) >= 11 is 0. The Bertz CT molecular complexity index is 807. The highest BCUT2D eigenvalue weighted by Gasteiger charge is 2.31. The summed E-state index contributed by atoms with van der Waals surface area (Å²) in [5.41, 5.74) is 4.05. The molecule has 1 aliphatic carbocycles. The minimum atomic E-state index is -0.228. The number of likely N-dealkylation sites (tertiary alicyclic amines) is 1. The fraction of sp³-hybridized carbons (Fsp3) is 0.571. The summed E-state index contributed by atoms with van der Waals surface area (Å²) in [5, 5.41) is 1.10. The Kier molecular flexibility index (Phi) is 4.21. The smallest absolute Gasteiger partial charge is 0.336 e. The lowest BCUT2D eigenvalue weighted by atomic mass is 9.75. The normalized spacial score (nSPS) is 24.9. The van der Waals surface area contributed by atoms with Crippen LogP contribution in [0.2, 0.25) is 0 Å². The van der Waals surface area contributed by atoms with Gasteiger partial charge in [-0.25, -0.2) is 4.79 Å². The van der Waals surface area contributed by atoms with Crippen LogP contribution in [0.15, 0.2) is 27.4 Å². The summed E-state index contributed by atoms with van der Waals surface area (Å²) < 4.78 is 5.44. The first kappa shape index (κ1) is 15.9. The molecule has 2 heterocycles. The summed E-state index contributed by atoms with van der Waals surface area (Å²) in [4.78, 5) is 14.5. The van der Waals surface area contributed by atoms with Crippen molar-refractivity contribution in [3.8, 4) is 0 Å². The molecule has 3 heteroatoms. The average molecular weight is 325 g/mol. The van der Waals surface area contributed by atoms with Gasteiger partial charge in [-0.1, -0.05) is 19.3 Å². The SMILES string of the molecule is Cc1cc2oc(=O)cc(CN3CC[C@@H]4CCCC[C@@H]4C3)c2cc1C. The van der Waals surface area contributed by atoms with E-state index in [2.05, 4.69) is 24.8 Å². The van der Waals surface area contributed by atoms with Crippen molar-refractivity contribution in [3.63, 3.8) is 0 Å². The van der Waals surface area contributed by atoms with Crippen molar-refractivity contribution < 1.29 is 4.42 Å². The first-order valence-electron chi connectivity index (χ1n) is 9.36. The molecule has 2 aromatic rings. The highest BCUT2D eigenvalue weighted by atomic mass is 16.4. The fourth-order valence-electron chi connectivity index (χ4n) is 4.67. The largest absolute Gasteiger partial charge is 0.423 e. The number of hydrogen-bond acceptors (Lipinski definition) is 3. The van der Waals surface area contributed by atoms with Gasteiger partial charge in [0.1, 0.15) is 5.58 Å². The van der Waals surface area contributed by atoms with Gasteiger partial charge in [0.25, 0.3) is 0 Å². The Labute approximate surface area is 143 Å². The lowest BCUT2D eigenvalue weighted by Crippen LogP contribution is -2.41. The molecule has 1 saturated heterocycles. The maximum absolute atomic E-state index is 12.0. The van der Waals surface area contributed by atoms with Gasteiger partial charge in [-0.05, 0) is 73.9 Å². The van der Waals surface area contributed by atoms with E-state index < -0.39 is 0 Å². The van der Waals surface area contributed by atoms with Gasteiger partial charge >= 0.3 is 5.63 Å². The van der Waals surface area contributed by atoms with Crippen LogP contribution in [0.25, 0.3) is 11.0 Å². The van der Waals surface area contributed by atoms with E-state index in [1.54, 1.807) is 6.07 Å². The average Bonchev–Trinajstić information content (AvgIpc) is 2.56. The van der Waals surface area contributed by atoms with E-state index >= 15 is 0 Å². The molecular weight excluding hydrogens is 298 g/mol. The first-order chi connectivity index (χ1) is 11.6. The van der Waals surface area contributed by atoms with E-state index in [0.717, 1.165) is 41.5 Å². The molecular formula is C21H27NO2. The Hall–Kier alpha value is -1.61. The quantitative estimate of drug-likeness (QED) is 0.766. The van der Waals surface area contributed by atoms with E-state index in [4.69, 9.17) is 4.42 Å². The third-order valence-corrected chi connectivity index (χ3v) is 6.21. The molecule has 24 heavy (non-hydrogen) atoms. The number of aryl methyl sites for hydroxylation is 2. The van der Waals surface area contributed by atoms with E-state index in [9.17, 15) is 4.79 Å². The van der Waals surface area contributed by atoms with Crippen molar-refractivity contribution in [2.75, 3.05) is 13.1 Å². The molecule has 2 fully saturated rings. The number of benzene rings is 1. The Morgan fingerprint density at radius 2 is 1.79 bits per heavy atom. The molecule has 4 rings (SSSR count). The van der Waals surface area contributed by atoms with Crippen molar-refractivity contribution in [3.05, 3.63) is 45.3 Å². The van der Waals surface area contributed by atoms with E-state index in [-0.39, 0.29) is 5.63 Å². The second-order valence-electron chi connectivity index (χ2n) is 7.85. The van der Waals surface area contributed by atoms with E-state index in [1.165, 1.54) is 49.8 Å². The van der Waals surface area contributed by atoms with Gasteiger partial charge in [0.05, 0.1) is 0 Å². The molecule has 0 N–H and O–H groups in total. The Morgan fingerprint density at radius 3 is 2.62 bits per heavy atom. The maximum Gasteiger partial charge on any atom is 0.336 e. The lowest BCUT2D eigenvalue weighted by Gasteiger charge is -2.41. The molecule has 1 saturated carbocycles. The molecule has 0 amide bonds. The molecule has 1 aromatic carbocycles. The molecule has 2 atom stereocenters. The zero-order chi connectivity index (χ0) is 16.7. The van der Waals surface area contributed by atoms with Crippen molar-refractivity contribution >= 4 is 11.0 Å². The highest BCUT2D eigenvalue weighted by Crippen LogP contribution is 2.36. The summed E-state index contributed by atoms with van der Waals surface area (Å²) in [6.07, 6.45) is 6.95. The maximum atomic E-state index is 12.0. The molecule has 1 aromatic heterocycles. The monoisotopic (exact) mass is 325 g/mol.